The molecule has 6 heteroatoms. The van der Waals surface area contributed by atoms with Crippen LogP contribution in [0.15, 0.2) is 24.4 Å². The van der Waals surface area contributed by atoms with Gasteiger partial charge in [-0.3, -0.25) is 4.79 Å². The molecule has 1 fully saturated rings. The van der Waals surface area contributed by atoms with Crippen LogP contribution >= 0.6 is 0 Å². The van der Waals surface area contributed by atoms with Gasteiger partial charge in [0, 0.05) is 39.5 Å². The number of carbonyl (C=O) groups is 1. The van der Waals surface area contributed by atoms with Crippen molar-refractivity contribution in [1.29, 1.82) is 0 Å². The molecule has 0 saturated carbocycles. The number of pyridine rings is 1. The Bertz CT molecular complexity index is 662. The molecule has 1 aliphatic rings. The van der Waals surface area contributed by atoms with Crippen LogP contribution in [-0.2, 0) is 11.3 Å². The summed E-state index contributed by atoms with van der Waals surface area (Å²) < 4.78 is 7.07. The van der Waals surface area contributed by atoms with Crippen LogP contribution < -0.4 is 5.32 Å². The molecular weight excluding hydrogens is 292 g/mol. The van der Waals surface area contributed by atoms with Gasteiger partial charge in [-0.05, 0) is 37.9 Å². The Hall–Kier alpha value is -1.92. The van der Waals surface area contributed by atoms with E-state index in [0.29, 0.717) is 12.2 Å². The van der Waals surface area contributed by atoms with Crippen molar-refractivity contribution in [3.05, 3.63) is 35.8 Å². The molecule has 0 aromatic carbocycles. The van der Waals surface area contributed by atoms with Crippen LogP contribution in [0.4, 0.5) is 0 Å². The fourth-order valence-electron chi connectivity index (χ4n) is 3.01. The molecule has 1 amide bonds. The Kier molecular flexibility index (Phi) is 5.25. The van der Waals surface area contributed by atoms with Gasteiger partial charge in [-0.1, -0.05) is 6.07 Å². The highest BCUT2D eigenvalue weighted by Crippen LogP contribution is 2.18. The zero-order chi connectivity index (χ0) is 16.1. The quantitative estimate of drug-likeness (QED) is 0.790. The summed E-state index contributed by atoms with van der Waals surface area (Å²) in [6.45, 7) is 3.90. The van der Waals surface area contributed by atoms with E-state index in [0.717, 1.165) is 56.8 Å². The number of nitrogens with zero attached hydrogens (tertiary/aromatic N) is 3. The Labute approximate surface area is 136 Å². The maximum atomic E-state index is 12.8. The van der Waals surface area contributed by atoms with Crippen molar-refractivity contribution in [3.63, 3.8) is 0 Å². The summed E-state index contributed by atoms with van der Waals surface area (Å²) >= 11 is 0. The second-order valence-electron chi connectivity index (χ2n) is 5.86. The number of rotatable bonds is 7. The third-order valence-electron chi connectivity index (χ3n) is 4.22. The largest absolute Gasteiger partial charge is 0.385 e. The van der Waals surface area contributed by atoms with Crippen LogP contribution in [0.25, 0.3) is 5.65 Å². The molecule has 0 atom stereocenters. The summed E-state index contributed by atoms with van der Waals surface area (Å²) in [5.74, 6) is 0.0555. The first kappa shape index (κ1) is 16.0. The van der Waals surface area contributed by atoms with E-state index in [4.69, 9.17) is 4.74 Å². The molecule has 1 saturated heterocycles. The summed E-state index contributed by atoms with van der Waals surface area (Å²) in [5, 5.41) is 3.39. The summed E-state index contributed by atoms with van der Waals surface area (Å²) in [5.41, 5.74) is 2.34. The second kappa shape index (κ2) is 7.57. The van der Waals surface area contributed by atoms with Crippen molar-refractivity contribution in [3.8, 4) is 0 Å². The van der Waals surface area contributed by atoms with Gasteiger partial charge in [0.1, 0.15) is 5.65 Å². The van der Waals surface area contributed by atoms with E-state index < -0.39 is 0 Å². The number of ether oxygens (including phenoxy) is 1. The van der Waals surface area contributed by atoms with E-state index in [-0.39, 0.29) is 5.91 Å². The van der Waals surface area contributed by atoms with Crippen LogP contribution in [0.1, 0.15) is 35.4 Å². The molecule has 0 bridgehead atoms. The van der Waals surface area contributed by atoms with Crippen molar-refractivity contribution in [1.82, 2.24) is 19.6 Å². The van der Waals surface area contributed by atoms with E-state index in [2.05, 4.69) is 10.3 Å². The average Bonchev–Trinajstić information content (AvgIpc) is 3.22. The summed E-state index contributed by atoms with van der Waals surface area (Å²) in [6.07, 6.45) is 5.09. The number of fused-ring (bicyclic) bond motifs is 1. The van der Waals surface area contributed by atoms with Crippen molar-refractivity contribution in [2.24, 2.45) is 0 Å². The maximum absolute atomic E-state index is 12.8. The monoisotopic (exact) mass is 316 g/mol. The Balaban J connectivity index is 1.81. The lowest BCUT2D eigenvalue weighted by atomic mass is 10.2. The summed E-state index contributed by atoms with van der Waals surface area (Å²) in [7, 11) is 1.71. The SMILES string of the molecule is COCCCNCc1c(C(=O)N2CCCC2)nc2ccccn12. The minimum atomic E-state index is 0.0555. The standard InChI is InChI=1S/C17H24N4O2/c1-23-12-6-8-18-13-14-16(17(22)20-9-4-5-10-20)19-15-7-2-3-11-21(14)15/h2-3,7,11,18H,4-6,8-10,12-13H2,1H3. The zero-order valence-electron chi connectivity index (χ0n) is 13.6. The van der Waals surface area contributed by atoms with E-state index in [1.165, 1.54) is 0 Å². The number of aromatic nitrogens is 2. The molecule has 124 valence electrons. The lowest BCUT2D eigenvalue weighted by Crippen LogP contribution is -2.29. The first-order valence-corrected chi connectivity index (χ1v) is 8.26. The topological polar surface area (TPSA) is 58.9 Å². The number of carbonyl (C=O) groups excluding carboxylic acids is 1. The molecule has 1 N–H and O–H groups in total. The zero-order valence-corrected chi connectivity index (χ0v) is 13.6. The normalized spacial score (nSPS) is 14.7. The highest BCUT2D eigenvalue weighted by atomic mass is 16.5. The first-order chi connectivity index (χ1) is 11.3. The number of methoxy groups -OCH3 is 1. The van der Waals surface area contributed by atoms with Gasteiger partial charge in [-0.2, -0.15) is 0 Å². The van der Waals surface area contributed by atoms with Gasteiger partial charge in [0.25, 0.3) is 5.91 Å². The summed E-state index contributed by atoms with van der Waals surface area (Å²) in [6, 6.07) is 5.85. The Morgan fingerprint density at radius 1 is 1.35 bits per heavy atom. The minimum absolute atomic E-state index is 0.0555. The van der Waals surface area contributed by atoms with E-state index in [9.17, 15) is 4.79 Å². The molecule has 0 unspecified atom stereocenters. The lowest BCUT2D eigenvalue weighted by Gasteiger charge is -2.15. The van der Waals surface area contributed by atoms with Gasteiger partial charge in [-0.15, -0.1) is 0 Å². The number of likely N-dealkylation sites (tertiary alicyclic amines) is 1. The Morgan fingerprint density at radius 2 is 2.17 bits per heavy atom. The van der Waals surface area contributed by atoms with Gasteiger partial charge < -0.3 is 19.4 Å². The van der Waals surface area contributed by atoms with Gasteiger partial charge in [0.15, 0.2) is 5.69 Å². The third kappa shape index (κ3) is 3.54. The van der Waals surface area contributed by atoms with Crippen LogP contribution in [-0.4, -0.2) is 53.5 Å². The number of nitrogens with one attached hydrogen (secondary N) is 1. The maximum Gasteiger partial charge on any atom is 0.274 e. The van der Waals surface area contributed by atoms with Crippen molar-refractivity contribution < 1.29 is 9.53 Å². The molecule has 2 aromatic rings. The molecular formula is C17H24N4O2. The predicted octanol–water partition coefficient (Wildman–Crippen LogP) is 1.70. The molecule has 23 heavy (non-hydrogen) atoms. The van der Waals surface area contributed by atoms with Gasteiger partial charge in [0.2, 0.25) is 0 Å². The summed E-state index contributed by atoms with van der Waals surface area (Å²) in [4.78, 5) is 19.3. The fraction of sp³-hybridized carbons (Fsp3) is 0.529. The predicted molar refractivity (Wildman–Crippen MR) is 88.5 cm³/mol. The van der Waals surface area contributed by atoms with Crippen molar-refractivity contribution >= 4 is 11.6 Å². The van der Waals surface area contributed by atoms with Crippen LogP contribution in [0.2, 0.25) is 0 Å². The van der Waals surface area contributed by atoms with Crippen LogP contribution in [0.3, 0.4) is 0 Å². The smallest absolute Gasteiger partial charge is 0.274 e. The highest BCUT2D eigenvalue weighted by molar-refractivity contribution is 5.94. The van der Waals surface area contributed by atoms with Gasteiger partial charge >= 0.3 is 0 Å². The molecule has 0 aliphatic carbocycles. The van der Waals surface area contributed by atoms with Crippen LogP contribution in [0.5, 0.6) is 0 Å². The van der Waals surface area contributed by atoms with E-state index >= 15 is 0 Å². The molecule has 2 aromatic heterocycles. The number of imidazole rings is 1. The average molecular weight is 316 g/mol. The van der Waals surface area contributed by atoms with Gasteiger partial charge in [0.05, 0.1) is 5.69 Å². The number of hydrogen-bond donors (Lipinski definition) is 1. The number of amides is 1. The fourth-order valence-corrected chi connectivity index (χ4v) is 3.01. The molecule has 0 radical (unpaired) electrons. The minimum Gasteiger partial charge on any atom is -0.385 e. The molecule has 3 heterocycles. The molecule has 6 nitrogen and oxygen atoms in total. The molecule has 1 aliphatic heterocycles. The highest BCUT2D eigenvalue weighted by Gasteiger charge is 2.25. The Morgan fingerprint density at radius 3 is 2.96 bits per heavy atom. The van der Waals surface area contributed by atoms with Gasteiger partial charge in [-0.25, -0.2) is 4.98 Å². The lowest BCUT2D eigenvalue weighted by molar-refractivity contribution is 0.0786. The van der Waals surface area contributed by atoms with Crippen molar-refractivity contribution in [2.45, 2.75) is 25.8 Å². The number of hydrogen-bond acceptors (Lipinski definition) is 4. The first-order valence-electron chi connectivity index (χ1n) is 8.26. The van der Waals surface area contributed by atoms with Crippen molar-refractivity contribution in [2.75, 3.05) is 33.4 Å². The van der Waals surface area contributed by atoms with Crippen LogP contribution in [0, 0.1) is 0 Å². The molecule has 3 rings (SSSR count). The second-order valence-corrected chi connectivity index (χ2v) is 5.86. The third-order valence-corrected chi connectivity index (χ3v) is 4.22. The molecule has 0 spiro atoms. The van der Waals surface area contributed by atoms with E-state index in [1.807, 2.05) is 33.7 Å². The van der Waals surface area contributed by atoms with E-state index in [1.54, 1.807) is 7.11 Å².